The summed E-state index contributed by atoms with van der Waals surface area (Å²) in [6, 6.07) is 11.6. The molecule has 5 nitrogen and oxygen atoms in total. The zero-order valence-corrected chi connectivity index (χ0v) is 21.3. The lowest BCUT2D eigenvalue weighted by atomic mass is 10.1. The monoisotopic (exact) mass is 515 g/mol. The lowest BCUT2D eigenvalue weighted by Gasteiger charge is -2.13. The number of benzene rings is 2. The third-order valence-corrected chi connectivity index (χ3v) is 7.78. The number of carbonyl (C=O) groups is 1. The maximum Gasteiger partial charge on any atom is 0.267 e. The molecule has 1 N–H and O–H groups in total. The van der Waals surface area contributed by atoms with Gasteiger partial charge in [-0.15, -0.1) is 11.3 Å². The number of carbonyl (C=O) groups excluding carboxylic acids is 1. The number of aromatic nitrogens is 2. The molecule has 34 heavy (non-hydrogen) atoms. The quantitative estimate of drug-likeness (QED) is 0.224. The topological polar surface area (TPSA) is 64.0 Å². The van der Waals surface area contributed by atoms with E-state index >= 15 is 0 Å². The summed E-state index contributed by atoms with van der Waals surface area (Å²) in [5.41, 5.74) is 2.95. The third-order valence-electron chi connectivity index (χ3n) is 5.31. The highest BCUT2D eigenvalue weighted by Crippen LogP contribution is 2.31. The van der Waals surface area contributed by atoms with E-state index in [1.54, 1.807) is 4.57 Å². The summed E-state index contributed by atoms with van der Waals surface area (Å²) in [7, 11) is 0. The number of nitrogens with zero attached hydrogens (tertiary/aromatic N) is 2. The van der Waals surface area contributed by atoms with Gasteiger partial charge in [0.2, 0.25) is 5.91 Å². The second-order valence-electron chi connectivity index (χ2n) is 7.92. The number of anilines is 1. The van der Waals surface area contributed by atoms with Crippen LogP contribution in [-0.4, -0.2) is 21.2 Å². The molecular weight excluding hydrogens is 493 g/mol. The van der Waals surface area contributed by atoms with Crippen LogP contribution in [0.15, 0.2) is 52.4 Å². The minimum atomic E-state index is -0.553. The van der Waals surface area contributed by atoms with Crippen molar-refractivity contribution in [3.05, 3.63) is 79.7 Å². The molecule has 1 amide bonds. The number of thiophene rings is 1. The van der Waals surface area contributed by atoms with Crippen molar-refractivity contribution in [2.45, 2.75) is 38.8 Å². The van der Waals surface area contributed by atoms with Crippen molar-refractivity contribution >= 4 is 56.5 Å². The first-order chi connectivity index (χ1) is 16.3. The number of rotatable bonds is 7. The lowest BCUT2D eigenvalue weighted by molar-refractivity contribution is -0.113. The molecule has 0 fully saturated rings. The first kappa shape index (κ1) is 24.4. The number of nitrogens with one attached hydrogen (secondary N) is 1. The SMILES string of the molecule is CCCc1sc2nc(SCC(=O)Nc3ccc(F)c(Cl)c3)n(-c3cccc(C)c3)c(=O)c2c1C. The molecule has 2 aromatic heterocycles. The maximum absolute atomic E-state index is 13.7. The van der Waals surface area contributed by atoms with E-state index in [-0.39, 0.29) is 22.2 Å². The van der Waals surface area contributed by atoms with Crippen LogP contribution in [-0.2, 0) is 11.2 Å². The van der Waals surface area contributed by atoms with Gasteiger partial charge in [-0.3, -0.25) is 14.2 Å². The van der Waals surface area contributed by atoms with Crippen LogP contribution in [0.2, 0.25) is 5.02 Å². The van der Waals surface area contributed by atoms with Gasteiger partial charge in [0.15, 0.2) is 5.16 Å². The van der Waals surface area contributed by atoms with E-state index in [9.17, 15) is 14.0 Å². The average molecular weight is 516 g/mol. The van der Waals surface area contributed by atoms with Crippen LogP contribution in [0, 0.1) is 19.7 Å². The predicted molar refractivity (Wildman–Crippen MR) is 139 cm³/mol. The number of aryl methyl sites for hydroxylation is 3. The summed E-state index contributed by atoms with van der Waals surface area (Å²) in [4.78, 5) is 32.9. The van der Waals surface area contributed by atoms with Gasteiger partial charge in [0.25, 0.3) is 5.56 Å². The highest BCUT2D eigenvalue weighted by molar-refractivity contribution is 7.99. The maximum atomic E-state index is 13.7. The molecule has 4 aromatic rings. The molecule has 0 spiro atoms. The Hall–Kier alpha value is -2.68. The molecular formula is C25H23ClFN3O2S2. The van der Waals surface area contributed by atoms with Crippen molar-refractivity contribution in [3.8, 4) is 5.69 Å². The lowest BCUT2D eigenvalue weighted by Crippen LogP contribution is -2.23. The number of halogens is 2. The number of fused-ring (bicyclic) bond motifs is 1. The van der Waals surface area contributed by atoms with E-state index in [4.69, 9.17) is 16.6 Å². The smallest absolute Gasteiger partial charge is 0.267 e. The fourth-order valence-electron chi connectivity index (χ4n) is 3.67. The minimum Gasteiger partial charge on any atom is -0.325 e. The van der Waals surface area contributed by atoms with Crippen LogP contribution < -0.4 is 10.9 Å². The van der Waals surface area contributed by atoms with Crippen molar-refractivity contribution in [1.29, 1.82) is 0 Å². The molecule has 0 atom stereocenters. The molecule has 9 heteroatoms. The average Bonchev–Trinajstić information content (AvgIpc) is 3.10. The Bertz CT molecular complexity index is 1450. The Morgan fingerprint density at radius 2 is 2.03 bits per heavy atom. The van der Waals surface area contributed by atoms with Gasteiger partial charge in [-0.05, 0) is 61.7 Å². The molecule has 0 aliphatic heterocycles. The molecule has 0 aliphatic rings. The van der Waals surface area contributed by atoms with E-state index in [0.717, 1.165) is 28.8 Å². The molecule has 176 valence electrons. The van der Waals surface area contributed by atoms with E-state index in [0.29, 0.717) is 26.7 Å². The van der Waals surface area contributed by atoms with Crippen molar-refractivity contribution in [2.75, 3.05) is 11.1 Å². The Morgan fingerprint density at radius 1 is 1.24 bits per heavy atom. The van der Waals surface area contributed by atoms with Gasteiger partial charge in [-0.2, -0.15) is 0 Å². The van der Waals surface area contributed by atoms with E-state index in [1.165, 1.54) is 41.3 Å². The number of hydrogen-bond donors (Lipinski definition) is 1. The molecule has 0 unspecified atom stereocenters. The zero-order valence-electron chi connectivity index (χ0n) is 18.9. The van der Waals surface area contributed by atoms with Crippen molar-refractivity contribution < 1.29 is 9.18 Å². The normalized spacial score (nSPS) is 11.2. The number of hydrogen-bond acceptors (Lipinski definition) is 5. The van der Waals surface area contributed by atoms with E-state index < -0.39 is 5.82 Å². The van der Waals surface area contributed by atoms with E-state index in [1.807, 2.05) is 38.1 Å². The first-order valence-corrected chi connectivity index (χ1v) is 13.0. The largest absolute Gasteiger partial charge is 0.325 e. The van der Waals surface area contributed by atoms with Gasteiger partial charge in [-0.25, -0.2) is 9.37 Å². The summed E-state index contributed by atoms with van der Waals surface area (Å²) < 4.78 is 15.0. The van der Waals surface area contributed by atoms with Gasteiger partial charge in [0.05, 0.1) is 21.8 Å². The molecule has 0 aliphatic carbocycles. The second-order valence-corrected chi connectivity index (χ2v) is 10.4. The minimum absolute atomic E-state index is 0.0188. The van der Waals surface area contributed by atoms with Gasteiger partial charge in [0.1, 0.15) is 10.6 Å². The Kier molecular flexibility index (Phi) is 7.40. The first-order valence-electron chi connectivity index (χ1n) is 10.8. The highest BCUT2D eigenvalue weighted by Gasteiger charge is 2.20. The van der Waals surface area contributed by atoms with Crippen LogP contribution in [0.3, 0.4) is 0 Å². The van der Waals surface area contributed by atoms with Gasteiger partial charge < -0.3 is 5.32 Å². The summed E-state index contributed by atoms with van der Waals surface area (Å²) in [6.07, 6.45) is 1.87. The Balaban J connectivity index is 1.71. The fourth-order valence-corrected chi connectivity index (χ4v) is 5.98. The molecule has 4 rings (SSSR count). The summed E-state index contributed by atoms with van der Waals surface area (Å²) in [5.74, 6) is -0.848. The standard InChI is InChI=1S/C25H23ClFN3O2S2/c1-4-6-20-15(3)22-23(34-20)29-25(30(24(22)32)17-8-5-7-14(2)11-17)33-13-21(31)28-16-9-10-19(27)18(26)12-16/h5,7-12H,4,6,13H2,1-3H3,(H,28,31). The van der Waals surface area contributed by atoms with Crippen LogP contribution in [0.4, 0.5) is 10.1 Å². The summed E-state index contributed by atoms with van der Waals surface area (Å²) in [6.45, 7) is 6.04. The molecule has 0 radical (unpaired) electrons. The number of thioether (sulfide) groups is 1. The van der Waals surface area contributed by atoms with Crippen LogP contribution in [0.25, 0.3) is 15.9 Å². The predicted octanol–water partition coefficient (Wildman–Crippen LogP) is 6.54. The molecule has 0 bridgehead atoms. The van der Waals surface area contributed by atoms with Crippen LogP contribution >= 0.6 is 34.7 Å². The number of amides is 1. The molecule has 2 aromatic carbocycles. The molecule has 2 heterocycles. The van der Waals surface area contributed by atoms with Crippen molar-refractivity contribution in [1.82, 2.24) is 9.55 Å². The summed E-state index contributed by atoms with van der Waals surface area (Å²) in [5, 5.41) is 3.71. The van der Waals surface area contributed by atoms with Gasteiger partial charge >= 0.3 is 0 Å². The fraction of sp³-hybridized carbons (Fsp3) is 0.240. The van der Waals surface area contributed by atoms with E-state index in [2.05, 4.69) is 12.2 Å². The van der Waals surface area contributed by atoms with Crippen LogP contribution in [0.5, 0.6) is 0 Å². The molecule has 0 saturated heterocycles. The van der Waals surface area contributed by atoms with Crippen molar-refractivity contribution in [2.24, 2.45) is 0 Å². The third kappa shape index (κ3) is 5.04. The molecule has 0 saturated carbocycles. The van der Waals surface area contributed by atoms with Gasteiger partial charge in [0, 0.05) is 10.6 Å². The van der Waals surface area contributed by atoms with Crippen LogP contribution in [0.1, 0.15) is 29.3 Å². The Morgan fingerprint density at radius 3 is 2.74 bits per heavy atom. The van der Waals surface area contributed by atoms with Gasteiger partial charge in [-0.1, -0.05) is 48.8 Å². The Labute approximate surface area is 210 Å². The zero-order chi connectivity index (χ0) is 24.4. The highest BCUT2D eigenvalue weighted by atomic mass is 35.5. The summed E-state index contributed by atoms with van der Waals surface area (Å²) >= 11 is 8.52. The second kappa shape index (κ2) is 10.3. The van der Waals surface area contributed by atoms with Crippen molar-refractivity contribution in [3.63, 3.8) is 0 Å².